The largest absolute Gasteiger partial charge is 0.352 e. The third-order valence-corrected chi connectivity index (χ3v) is 6.83. The Morgan fingerprint density at radius 2 is 1.55 bits per heavy atom. The summed E-state index contributed by atoms with van der Waals surface area (Å²) in [6, 6.07) is 14.5. The first-order valence-corrected chi connectivity index (χ1v) is 12.4. The molecule has 4 nitrogen and oxygen atoms in total. The second-order valence-corrected chi connectivity index (χ2v) is 9.24. The summed E-state index contributed by atoms with van der Waals surface area (Å²) >= 11 is 14.1. The molecular weight excluding hydrogens is 451 g/mol. The average molecular weight is 481 g/mol. The van der Waals surface area contributed by atoms with Crippen LogP contribution < -0.4 is 5.32 Å². The molecule has 31 heavy (non-hydrogen) atoms. The van der Waals surface area contributed by atoms with E-state index in [1.807, 2.05) is 63.2 Å². The Morgan fingerprint density at radius 3 is 2.10 bits per heavy atom. The van der Waals surface area contributed by atoms with Gasteiger partial charge in [-0.3, -0.25) is 9.59 Å². The number of amides is 2. The summed E-state index contributed by atoms with van der Waals surface area (Å²) in [6.45, 7) is 6.19. The quantitative estimate of drug-likeness (QED) is 0.432. The minimum Gasteiger partial charge on any atom is -0.352 e. The number of hydrogen-bond acceptors (Lipinski definition) is 3. The molecule has 0 saturated heterocycles. The molecular formula is C24H30Cl2N2O2S. The van der Waals surface area contributed by atoms with Crippen molar-refractivity contribution in [2.24, 2.45) is 0 Å². The van der Waals surface area contributed by atoms with Gasteiger partial charge in [-0.05, 0) is 43.0 Å². The fourth-order valence-corrected chi connectivity index (χ4v) is 4.51. The molecule has 2 atom stereocenters. The molecule has 2 aromatic rings. The zero-order chi connectivity index (χ0) is 22.8. The predicted octanol–water partition coefficient (Wildman–Crippen LogP) is 5.95. The summed E-state index contributed by atoms with van der Waals surface area (Å²) in [4.78, 5) is 27.8. The lowest BCUT2D eigenvalue weighted by Gasteiger charge is -2.31. The van der Waals surface area contributed by atoms with E-state index in [2.05, 4.69) is 5.32 Å². The molecule has 1 N–H and O–H groups in total. The van der Waals surface area contributed by atoms with Crippen LogP contribution in [0, 0.1) is 0 Å². The van der Waals surface area contributed by atoms with Crippen LogP contribution in [0.15, 0.2) is 48.5 Å². The number of hydrogen-bond donors (Lipinski definition) is 1. The number of halogens is 2. The lowest BCUT2D eigenvalue weighted by atomic mass is 10.1. The molecule has 0 spiro atoms. The number of rotatable bonds is 11. The van der Waals surface area contributed by atoms with Gasteiger partial charge in [0.2, 0.25) is 11.8 Å². The van der Waals surface area contributed by atoms with E-state index in [-0.39, 0.29) is 30.2 Å². The molecule has 2 amide bonds. The third kappa shape index (κ3) is 7.74. The van der Waals surface area contributed by atoms with Crippen LogP contribution in [0.4, 0.5) is 0 Å². The Labute approximate surface area is 199 Å². The summed E-state index contributed by atoms with van der Waals surface area (Å²) < 4.78 is 0. The maximum atomic E-state index is 13.2. The highest BCUT2D eigenvalue weighted by Crippen LogP contribution is 2.23. The number of nitrogens with one attached hydrogen (secondary N) is 1. The van der Waals surface area contributed by atoms with E-state index in [9.17, 15) is 9.59 Å². The van der Waals surface area contributed by atoms with Crippen molar-refractivity contribution in [1.82, 2.24) is 10.2 Å². The minimum atomic E-state index is -0.557. The van der Waals surface area contributed by atoms with Crippen LogP contribution in [0.1, 0.15) is 44.7 Å². The molecule has 0 heterocycles. The summed E-state index contributed by atoms with van der Waals surface area (Å²) in [7, 11) is 0. The summed E-state index contributed by atoms with van der Waals surface area (Å²) in [5.41, 5.74) is 1.81. The molecule has 0 aromatic heterocycles. The highest BCUT2D eigenvalue weighted by atomic mass is 35.5. The van der Waals surface area contributed by atoms with Crippen molar-refractivity contribution >= 4 is 46.8 Å². The smallest absolute Gasteiger partial charge is 0.243 e. The monoisotopic (exact) mass is 480 g/mol. The number of thioether (sulfide) groups is 1. The Hall–Kier alpha value is -1.69. The minimum absolute atomic E-state index is 0.0495. The van der Waals surface area contributed by atoms with Crippen LogP contribution in [0.5, 0.6) is 0 Å². The van der Waals surface area contributed by atoms with Gasteiger partial charge in [0.1, 0.15) is 6.04 Å². The first-order chi connectivity index (χ1) is 14.9. The van der Waals surface area contributed by atoms with Crippen LogP contribution in [0.3, 0.4) is 0 Å². The first-order valence-electron chi connectivity index (χ1n) is 10.5. The predicted molar refractivity (Wildman–Crippen MR) is 132 cm³/mol. The Bertz CT molecular complexity index is 878. The average Bonchev–Trinajstić information content (AvgIpc) is 2.76. The molecule has 168 valence electrons. The van der Waals surface area contributed by atoms with E-state index in [1.165, 1.54) is 11.8 Å². The topological polar surface area (TPSA) is 49.4 Å². The van der Waals surface area contributed by atoms with E-state index in [0.29, 0.717) is 22.2 Å². The molecule has 0 aliphatic rings. The SMILES string of the molecule is CC[C@H](C(=O)N[C@@H](C)CC)N(Cc1ccccc1Cl)C(=O)CSCc1ccccc1Cl. The number of carbonyl (C=O) groups excluding carboxylic acids is 2. The number of carbonyl (C=O) groups is 2. The summed E-state index contributed by atoms with van der Waals surface area (Å²) in [5, 5.41) is 4.29. The van der Waals surface area contributed by atoms with Gasteiger partial charge in [0.15, 0.2) is 0 Å². The summed E-state index contributed by atoms with van der Waals surface area (Å²) in [5.74, 6) is 0.653. The van der Waals surface area contributed by atoms with Crippen molar-refractivity contribution in [2.75, 3.05) is 5.75 Å². The Kier molecular flexibility index (Phi) is 10.7. The normalized spacial score (nSPS) is 12.8. The van der Waals surface area contributed by atoms with Crippen LogP contribution in [-0.4, -0.2) is 34.6 Å². The van der Waals surface area contributed by atoms with Gasteiger partial charge in [0.25, 0.3) is 0 Å². The molecule has 0 saturated carbocycles. The molecule has 0 aliphatic carbocycles. The van der Waals surface area contributed by atoms with Gasteiger partial charge in [-0.15, -0.1) is 11.8 Å². The van der Waals surface area contributed by atoms with Crippen LogP contribution in [0.2, 0.25) is 10.0 Å². The van der Waals surface area contributed by atoms with Crippen molar-refractivity contribution in [3.8, 4) is 0 Å². The van der Waals surface area contributed by atoms with Crippen LogP contribution in [-0.2, 0) is 21.9 Å². The molecule has 2 aromatic carbocycles. The highest BCUT2D eigenvalue weighted by molar-refractivity contribution is 7.99. The van der Waals surface area contributed by atoms with Gasteiger partial charge in [-0.2, -0.15) is 0 Å². The number of nitrogens with zero attached hydrogens (tertiary/aromatic N) is 1. The van der Waals surface area contributed by atoms with Crippen molar-refractivity contribution < 1.29 is 9.59 Å². The van der Waals surface area contributed by atoms with Gasteiger partial charge < -0.3 is 10.2 Å². The second kappa shape index (κ2) is 13.0. The number of benzene rings is 2. The zero-order valence-electron chi connectivity index (χ0n) is 18.2. The molecule has 7 heteroatoms. The Morgan fingerprint density at radius 1 is 0.968 bits per heavy atom. The maximum Gasteiger partial charge on any atom is 0.243 e. The van der Waals surface area contributed by atoms with Gasteiger partial charge in [0, 0.05) is 28.4 Å². The van der Waals surface area contributed by atoms with Gasteiger partial charge >= 0.3 is 0 Å². The summed E-state index contributed by atoms with van der Waals surface area (Å²) in [6.07, 6.45) is 1.35. The fourth-order valence-electron chi connectivity index (χ4n) is 3.12. The van der Waals surface area contributed by atoms with E-state index in [1.54, 1.807) is 11.0 Å². The first kappa shape index (κ1) is 25.6. The molecule has 0 radical (unpaired) electrons. The standard InChI is InChI=1S/C24H30Cl2N2O2S/c1-4-17(3)27-24(30)22(5-2)28(14-18-10-6-8-12-20(18)25)23(29)16-31-15-19-11-7-9-13-21(19)26/h6-13,17,22H,4-5,14-16H2,1-3H3,(H,27,30)/t17-,22+/m0/s1. The van der Waals surface area contributed by atoms with E-state index in [4.69, 9.17) is 23.2 Å². The zero-order valence-corrected chi connectivity index (χ0v) is 20.6. The van der Waals surface area contributed by atoms with Crippen molar-refractivity contribution in [2.45, 2.75) is 58.0 Å². The van der Waals surface area contributed by atoms with E-state index in [0.717, 1.165) is 17.5 Å². The highest BCUT2D eigenvalue weighted by Gasteiger charge is 2.29. The van der Waals surface area contributed by atoms with E-state index < -0.39 is 6.04 Å². The van der Waals surface area contributed by atoms with Crippen molar-refractivity contribution in [3.63, 3.8) is 0 Å². The molecule has 2 rings (SSSR count). The van der Waals surface area contributed by atoms with Gasteiger partial charge in [0.05, 0.1) is 5.75 Å². The Balaban J connectivity index is 2.16. The van der Waals surface area contributed by atoms with Gasteiger partial charge in [-0.25, -0.2) is 0 Å². The third-order valence-electron chi connectivity index (χ3n) is 5.13. The van der Waals surface area contributed by atoms with Gasteiger partial charge in [-0.1, -0.05) is 73.4 Å². The van der Waals surface area contributed by atoms with Crippen molar-refractivity contribution in [1.29, 1.82) is 0 Å². The van der Waals surface area contributed by atoms with Crippen LogP contribution >= 0.6 is 35.0 Å². The van der Waals surface area contributed by atoms with Crippen molar-refractivity contribution in [3.05, 3.63) is 69.7 Å². The second-order valence-electron chi connectivity index (χ2n) is 7.44. The maximum absolute atomic E-state index is 13.2. The van der Waals surface area contributed by atoms with Crippen LogP contribution in [0.25, 0.3) is 0 Å². The molecule has 0 aliphatic heterocycles. The lowest BCUT2D eigenvalue weighted by Crippen LogP contribution is -2.51. The fraction of sp³-hybridized carbons (Fsp3) is 0.417. The molecule has 0 bridgehead atoms. The lowest BCUT2D eigenvalue weighted by molar-refractivity contribution is -0.139. The van der Waals surface area contributed by atoms with E-state index >= 15 is 0 Å². The molecule has 0 unspecified atom stereocenters. The molecule has 0 fully saturated rings.